The number of carbonyl (C=O) groups excluding carboxylic acids is 1. The first kappa shape index (κ1) is 19.4. The third-order valence-corrected chi connectivity index (χ3v) is 4.50. The number of hydroxylamine groups is 2. The van der Waals surface area contributed by atoms with E-state index in [9.17, 15) is 4.79 Å². The van der Waals surface area contributed by atoms with Gasteiger partial charge in [0.2, 0.25) is 0 Å². The molecule has 0 saturated heterocycles. The molecule has 4 rings (SSSR count). The normalized spacial score (nSPS) is 16.7. The molecule has 7 nitrogen and oxygen atoms in total. The SMILES string of the molecule is CCOc1cc(/C=C2\C(=N)N3OC(C)=CC3=NC2=O)ccc1OCc1ccccc1. The molecule has 7 heteroatoms. The number of nitrogens with one attached hydrogen (secondary N) is 1. The van der Waals surface area contributed by atoms with Gasteiger partial charge in [-0.3, -0.25) is 10.2 Å². The summed E-state index contributed by atoms with van der Waals surface area (Å²) in [6.45, 7) is 4.52. The van der Waals surface area contributed by atoms with E-state index in [1.165, 1.54) is 5.06 Å². The number of fused-ring (bicyclic) bond motifs is 1. The van der Waals surface area contributed by atoms with Crippen molar-refractivity contribution in [2.45, 2.75) is 20.5 Å². The fourth-order valence-corrected chi connectivity index (χ4v) is 3.10. The lowest BCUT2D eigenvalue weighted by atomic mass is 10.1. The number of amidine groups is 2. The molecule has 0 spiro atoms. The Labute approximate surface area is 174 Å². The molecule has 2 aliphatic heterocycles. The molecule has 30 heavy (non-hydrogen) atoms. The van der Waals surface area contributed by atoms with Gasteiger partial charge in [0.05, 0.1) is 12.2 Å². The molecular weight excluding hydrogens is 382 g/mol. The van der Waals surface area contributed by atoms with Crippen molar-refractivity contribution in [3.05, 3.63) is 77.1 Å². The van der Waals surface area contributed by atoms with E-state index in [4.69, 9.17) is 19.7 Å². The molecule has 1 amide bonds. The van der Waals surface area contributed by atoms with Crippen LogP contribution in [0.2, 0.25) is 0 Å². The molecule has 0 fully saturated rings. The quantitative estimate of drug-likeness (QED) is 0.734. The number of allylic oxidation sites excluding steroid dienone is 1. The predicted octanol–water partition coefficient (Wildman–Crippen LogP) is 4.11. The van der Waals surface area contributed by atoms with Crippen LogP contribution in [0.15, 0.2) is 70.9 Å². The monoisotopic (exact) mass is 403 g/mol. The van der Waals surface area contributed by atoms with Gasteiger partial charge in [-0.1, -0.05) is 36.4 Å². The van der Waals surface area contributed by atoms with E-state index >= 15 is 0 Å². The topological polar surface area (TPSA) is 84.2 Å². The maximum Gasteiger partial charge on any atom is 0.282 e. The van der Waals surface area contributed by atoms with E-state index in [0.29, 0.717) is 41.9 Å². The van der Waals surface area contributed by atoms with Gasteiger partial charge in [0.25, 0.3) is 5.91 Å². The highest BCUT2D eigenvalue weighted by Crippen LogP contribution is 2.31. The first-order valence-corrected chi connectivity index (χ1v) is 9.58. The van der Waals surface area contributed by atoms with Crippen molar-refractivity contribution < 1.29 is 19.1 Å². The van der Waals surface area contributed by atoms with Crippen molar-refractivity contribution in [1.29, 1.82) is 5.41 Å². The summed E-state index contributed by atoms with van der Waals surface area (Å²) >= 11 is 0. The number of hydrogen-bond donors (Lipinski definition) is 1. The Bertz CT molecular complexity index is 1090. The average Bonchev–Trinajstić information content (AvgIpc) is 3.12. The lowest BCUT2D eigenvalue weighted by Gasteiger charge is -2.23. The Morgan fingerprint density at radius 1 is 1.13 bits per heavy atom. The maximum atomic E-state index is 12.4. The summed E-state index contributed by atoms with van der Waals surface area (Å²) in [6.07, 6.45) is 3.22. The van der Waals surface area contributed by atoms with Gasteiger partial charge in [-0.2, -0.15) is 4.99 Å². The van der Waals surface area contributed by atoms with Gasteiger partial charge in [0.1, 0.15) is 12.4 Å². The zero-order chi connectivity index (χ0) is 21.1. The van der Waals surface area contributed by atoms with Crippen LogP contribution in [0.3, 0.4) is 0 Å². The Hall–Kier alpha value is -3.87. The molecule has 0 radical (unpaired) electrons. The number of amides is 1. The van der Waals surface area contributed by atoms with Crippen LogP contribution in [-0.4, -0.2) is 29.2 Å². The number of aliphatic imine (C=N–C) groups is 1. The molecule has 1 N–H and O–H groups in total. The summed E-state index contributed by atoms with van der Waals surface area (Å²) in [5.74, 6) is 1.53. The zero-order valence-corrected chi connectivity index (χ0v) is 16.7. The third-order valence-electron chi connectivity index (χ3n) is 4.50. The Kier molecular flexibility index (Phi) is 5.34. The van der Waals surface area contributed by atoms with Crippen molar-refractivity contribution in [2.75, 3.05) is 6.61 Å². The number of rotatable bonds is 6. The van der Waals surface area contributed by atoms with Crippen LogP contribution < -0.4 is 9.47 Å². The molecule has 2 aromatic carbocycles. The summed E-state index contributed by atoms with van der Waals surface area (Å²) < 4.78 is 11.6. The molecule has 0 saturated carbocycles. The molecule has 0 aromatic heterocycles. The molecule has 2 heterocycles. The van der Waals surface area contributed by atoms with Crippen LogP contribution in [-0.2, 0) is 16.2 Å². The van der Waals surface area contributed by atoms with Crippen molar-refractivity contribution in [3.8, 4) is 11.5 Å². The zero-order valence-electron chi connectivity index (χ0n) is 16.7. The number of hydrogen-bond acceptors (Lipinski definition) is 5. The summed E-state index contributed by atoms with van der Waals surface area (Å²) in [7, 11) is 0. The number of benzene rings is 2. The Balaban J connectivity index is 1.58. The van der Waals surface area contributed by atoms with Gasteiger partial charge < -0.3 is 14.3 Å². The summed E-state index contributed by atoms with van der Waals surface area (Å²) in [5.41, 5.74) is 1.89. The van der Waals surface area contributed by atoms with Crippen LogP contribution in [0.25, 0.3) is 6.08 Å². The lowest BCUT2D eigenvalue weighted by molar-refractivity contribution is -0.114. The van der Waals surface area contributed by atoms with E-state index in [-0.39, 0.29) is 11.4 Å². The van der Waals surface area contributed by atoms with Crippen molar-refractivity contribution in [3.63, 3.8) is 0 Å². The third kappa shape index (κ3) is 3.96. The first-order valence-electron chi connectivity index (χ1n) is 9.58. The Morgan fingerprint density at radius 2 is 1.93 bits per heavy atom. The highest BCUT2D eigenvalue weighted by atomic mass is 16.7. The van der Waals surface area contributed by atoms with Crippen molar-refractivity contribution >= 4 is 23.7 Å². The highest BCUT2D eigenvalue weighted by Gasteiger charge is 2.34. The van der Waals surface area contributed by atoms with Crippen LogP contribution >= 0.6 is 0 Å². The molecule has 152 valence electrons. The van der Waals surface area contributed by atoms with Gasteiger partial charge in [-0.15, -0.1) is 5.06 Å². The van der Waals surface area contributed by atoms with Gasteiger partial charge in [0, 0.05) is 6.08 Å². The van der Waals surface area contributed by atoms with Crippen LogP contribution in [0.5, 0.6) is 11.5 Å². The van der Waals surface area contributed by atoms with Crippen LogP contribution in [0.1, 0.15) is 25.0 Å². The molecule has 2 aromatic rings. The van der Waals surface area contributed by atoms with Crippen molar-refractivity contribution in [2.24, 2.45) is 4.99 Å². The average molecular weight is 403 g/mol. The van der Waals surface area contributed by atoms with E-state index in [0.717, 1.165) is 5.56 Å². The molecular formula is C23H21N3O4. The van der Waals surface area contributed by atoms with E-state index in [2.05, 4.69) is 4.99 Å². The van der Waals surface area contributed by atoms with Gasteiger partial charge in [0.15, 0.2) is 23.2 Å². The van der Waals surface area contributed by atoms with Crippen LogP contribution in [0, 0.1) is 5.41 Å². The highest BCUT2D eigenvalue weighted by molar-refractivity contribution is 6.32. The summed E-state index contributed by atoms with van der Waals surface area (Å²) in [6, 6.07) is 15.2. The predicted molar refractivity (Wildman–Crippen MR) is 113 cm³/mol. The lowest BCUT2D eigenvalue weighted by Crippen LogP contribution is -2.38. The fraction of sp³-hybridized carbons (Fsp3) is 0.174. The summed E-state index contributed by atoms with van der Waals surface area (Å²) in [5, 5.41) is 9.56. The second-order valence-electron chi connectivity index (χ2n) is 6.74. The fourth-order valence-electron chi connectivity index (χ4n) is 3.10. The molecule has 2 aliphatic rings. The van der Waals surface area contributed by atoms with Gasteiger partial charge in [-0.05, 0) is 43.2 Å². The smallest absolute Gasteiger partial charge is 0.282 e. The number of nitrogens with zero attached hydrogens (tertiary/aromatic N) is 2. The second-order valence-corrected chi connectivity index (χ2v) is 6.74. The minimum Gasteiger partial charge on any atom is -0.490 e. The molecule has 0 atom stereocenters. The molecule has 0 aliphatic carbocycles. The van der Waals surface area contributed by atoms with Crippen LogP contribution in [0.4, 0.5) is 0 Å². The van der Waals surface area contributed by atoms with E-state index in [1.54, 1.807) is 31.2 Å². The standard InChI is InChI=1S/C23H21N3O4/c1-3-28-20-13-17(9-10-19(20)29-14-16-7-5-4-6-8-16)12-18-22(24)26-21(25-23(18)27)11-15(2)30-26/h4-13,24H,3,14H2,1-2H3/b18-12+,24-22?. The van der Waals surface area contributed by atoms with E-state index < -0.39 is 5.91 Å². The van der Waals surface area contributed by atoms with Gasteiger partial charge in [-0.25, -0.2) is 0 Å². The Morgan fingerprint density at radius 3 is 2.70 bits per heavy atom. The summed E-state index contributed by atoms with van der Waals surface area (Å²) in [4.78, 5) is 21.9. The first-order chi connectivity index (χ1) is 14.5. The number of carbonyl (C=O) groups is 1. The molecule has 0 bridgehead atoms. The van der Waals surface area contributed by atoms with Crippen molar-refractivity contribution in [1.82, 2.24) is 5.06 Å². The van der Waals surface area contributed by atoms with E-state index in [1.807, 2.05) is 43.3 Å². The largest absolute Gasteiger partial charge is 0.490 e. The minimum absolute atomic E-state index is 0.0551. The second kappa shape index (κ2) is 8.24. The minimum atomic E-state index is -0.483. The molecule has 0 unspecified atom stereocenters. The maximum absolute atomic E-state index is 12.4. The van der Waals surface area contributed by atoms with Gasteiger partial charge >= 0.3 is 0 Å². The number of ether oxygens (including phenoxy) is 2.